The average Bonchev–Trinajstić information content (AvgIpc) is 2.80. The summed E-state index contributed by atoms with van der Waals surface area (Å²) in [4.78, 5) is 13.6. The second kappa shape index (κ2) is 9.05. The van der Waals surface area contributed by atoms with Crippen LogP contribution < -0.4 is 4.74 Å². The number of rotatable bonds is 6. The maximum Gasteiger partial charge on any atom is 0.307 e. The van der Waals surface area contributed by atoms with Gasteiger partial charge in [-0.3, -0.25) is 4.79 Å². The summed E-state index contributed by atoms with van der Waals surface area (Å²) in [5.74, 6) is -0.0145. The third-order valence-electron chi connectivity index (χ3n) is 6.30. The van der Waals surface area contributed by atoms with Crippen molar-refractivity contribution in [3.8, 4) is 5.75 Å². The zero-order chi connectivity index (χ0) is 22.0. The first-order chi connectivity index (χ1) is 14.2. The molecule has 2 atom stereocenters. The molecular weight excluding hydrogens is 374 g/mol. The van der Waals surface area contributed by atoms with E-state index in [1.807, 2.05) is 18.2 Å². The summed E-state index contributed by atoms with van der Waals surface area (Å²) in [7, 11) is 2.14. The van der Waals surface area contributed by atoms with Crippen LogP contribution in [0.3, 0.4) is 0 Å². The van der Waals surface area contributed by atoms with Crippen molar-refractivity contribution in [2.45, 2.75) is 59.6 Å². The molecule has 4 heteroatoms. The summed E-state index contributed by atoms with van der Waals surface area (Å²) in [6, 6.07) is 10.7. The Balaban J connectivity index is 2.19. The molecule has 0 amide bonds. The molecule has 2 unspecified atom stereocenters. The van der Waals surface area contributed by atoms with Crippen LogP contribution in [0.25, 0.3) is 5.57 Å². The molecule has 0 saturated heterocycles. The first-order valence-corrected chi connectivity index (χ1v) is 10.7. The summed E-state index contributed by atoms with van der Waals surface area (Å²) < 4.78 is 6.35. The molecular formula is C26H33NO3. The molecule has 0 radical (unpaired) electrons. The number of aliphatic carboxylic acids is 1. The van der Waals surface area contributed by atoms with E-state index in [0.29, 0.717) is 6.04 Å². The number of carboxylic acids is 1. The lowest BCUT2D eigenvalue weighted by molar-refractivity contribution is -0.136. The van der Waals surface area contributed by atoms with Crippen LogP contribution in [0, 0.1) is 13.8 Å². The highest BCUT2D eigenvalue weighted by molar-refractivity contribution is 5.86. The van der Waals surface area contributed by atoms with Crippen LogP contribution in [0.4, 0.5) is 0 Å². The van der Waals surface area contributed by atoms with Crippen molar-refractivity contribution >= 4 is 11.5 Å². The van der Waals surface area contributed by atoms with Crippen LogP contribution in [0.2, 0.25) is 0 Å². The molecule has 0 aliphatic carbocycles. The summed E-state index contributed by atoms with van der Waals surface area (Å²) >= 11 is 0. The summed E-state index contributed by atoms with van der Waals surface area (Å²) in [6.45, 7) is 11.8. The van der Waals surface area contributed by atoms with Crippen LogP contribution in [0.1, 0.15) is 66.7 Å². The molecule has 2 aromatic rings. The minimum Gasteiger partial charge on any atom is -0.485 e. The Morgan fingerprint density at radius 3 is 2.57 bits per heavy atom. The standard InChI is InChI=1S/C26H33NO3/c1-7-27(6)18(4)8-10-21-23-13-17(3)16(2)12-22(23)19(5)30-25-11-9-20(14-24(21)25)15-26(28)29/h9-14,18-19H,7-8,15H2,1-6H3,(H,28,29)/b21-10-. The molecule has 30 heavy (non-hydrogen) atoms. The van der Waals surface area contributed by atoms with Crippen LogP contribution in [-0.2, 0) is 11.2 Å². The zero-order valence-electron chi connectivity index (χ0n) is 19.0. The number of benzene rings is 2. The average molecular weight is 408 g/mol. The number of fused-ring (bicyclic) bond motifs is 2. The monoisotopic (exact) mass is 407 g/mol. The number of aryl methyl sites for hydroxylation is 2. The summed E-state index contributed by atoms with van der Waals surface area (Å²) in [5.41, 5.74) is 7.76. The minimum absolute atomic E-state index is 0.00483. The van der Waals surface area contributed by atoms with Gasteiger partial charge in [-0.1, -0.05) is 31.2 Å². The highest BCUT2D eigenvalue weighted by Gasteiger charge is 2.25. The molecule has 0 spiro atoms. The molecule has 0 saturated carbocycles. The van der Waals surface area contributed by atoms with Crippen LogP contribution in [0.5, 0.6) is 5.75 Å². The quantitative estimate of drug-likeness (QED) is 0.682. The van der Waals surface area contributed by atoms with Crippen LogP contribution in [-0.4, -0.2) is 35.6 Å². The van der Waals surface area contributed by atoms with Gasteiger partial charge in [0.05, 0.1) is 6.42 Å². The Morgan fingerprint density at radius 1 is 1.20 bits per heavy atom. The molecule has 3 rings (SSSR count). The first kappa shape index (κ1) is 22.1. The van der Waals surface area contributed by atoms with Gasteiger partial charge in [0, 0.05) is 17.2 Å². The molecule has 0 aromatic heterocycles. The molecule has 1 heterocycles. The topological polar surface area (TPSA) is 49.8 Å². The van der Waals surface area contributed by atoms with E-state index in [-0.39, 0.29) is 12.5 Å². The Labute approximate surface area is 180 Å². The van der Waals surface area contributed by atoms with Gasteiger partial charge in [-0.05, 0) is 87.7 Å². The molecule has 2 aromatic carbocycles. The van der Waals surface area contributed by atoms with Crippen molar-refractivity contribution < 1.29 is 14.6 Å². The predicted octanol–water partition coefficient (Wildman–Crippen LogP) is 5.55. The smallest absolute Gasteiger partial charge is 0.307 e. The van der Waals surface area contributed by atoms with Gasteiger partial charge in [0.15, 0.2) is 0 Å². The Hall–Kier alpha value is -2.59. The number of carboxylic acid groups (broad SMARTS) is 1. The fourth-order valence-corrected chi connectivity index (χ4v) is 3.98. The van der Waals surface area contributed by atoms with Crippen molar-refractivity contribution in [1.29, 1.82) is 0 Å². The highest BCUT2D eigenvalue weighted by atomic mass is 16.5. The lowest BCUT2D eigenvalue weighted by atomic mass is 9.88. The van der Waals surface area contributed by atoms with Gasteiger partial charge < -0.3 is 14.7 Å². The van der Waals surface area contributed by atoms with E-state index in [4.69, 9.17) is 4.74 Å². The van der Waals surface area contributed by atoms with Gasteiger partial charge >= 0.3 is 5.97 Å². The van der Waals surface area contributed by atoms with E-state index in [9.17, 15) is 9.90 Å². The van der Waals surface area contributed by atoms with E-state index in [2.05, 4.69) is 64.8 Å². The number of hydrogen-bond acceptors (Lipinski definition) is 3. The fraction of sp³-hybridized carbons (Fsp3) is 0.423. The van der Waals surface area contributed by atoms with Gasteiger partial charge in [0.1, 0.15) is 11.9 Å². The predicted molar refractivity (Wildman–Crippen MR) is 122 cm³/mol. The Morgan fingerprint density at radius 2 is 1.90 bits per heavy atom. The Kier molecular flexibility index (Phi) is 6.67. The molecule has 0 fully saturated rings. The van der Waals surface area contributed by atoms with Crippen LogP contribution >= 0.6 is 0 Å². The number of nitrogens with zero attached hydrogens (tertiary/aromatic N) is 1. The molecule has 160 valence electrons. The van der Waals surface area contributed by atoms with E-state index in [1.54, 1.807) is 0 Å². The van der Waals surface area contributed by atoms with Crippen molar-refractivity contribution in [2.24, 2.45) is 0 Å². The second-order valence-electron chi connectivity index (χ2n) is 8.46. The maximum absolute atomic E-state index is 11.3. The third-order valence-corrected chi connectivity index (χ3v) is 6.30. The van der Waals surface area contributed by atoms with Gasteiger partial charge in [-0.25, -0.2) is 0 Å². The van der Waals surface area contributed by atoms with E-state index >= 15 is 0 Å². The fourth-order valence-electron chi connectivity index (χ4n) is 3.98. The number of carbonyl (C=O) groups is 1. The van der Waals surface area contributed by atoms with Gasteiger partial charge in [0.25, 0.3) is 0 Å². The third kappa shape index (κ3) is 4.59. The molecule has 1 aliphatic rings. The van der Waals surface area contributed by atoms with Crippen molar-refractivity contribution in [3.05, 3.63) is 69.8 Å². The number of hydrogen-bond donors (Lipinski definition) is 1. The SMILES string of the molecule is CCN(C)C(C)C/C=C1\c2cc(CC(=O)O)ccc2OC(C)c2cc(C)c(C)cc21. The van der Waals surface area contributed by atoms with Gasteiger partial charge in [-0.15, -0.1) is 0 Å². The molecule has 0 bridgehead atoms. The van der Waals surface area contributed by atoms with Crippen LogP contribution in [0.15, 0.2) is 36.4 Å². The van der Waals surface area contributed by atoms with Crippen molar-refractivity contribution in [3.63, 3.8) is 0 Å². The largest absolute Gasteiger partial charge is 0.485 e. The summed E-state index contributed by atoms with van der Waals surface area (Å²) in [5, 5.41) is 9.27. The lowest BCUT2D eigenvalue weighted by Crippen LogP contribution is -2.28. The second-order valence-corrected chi connectivity index (χ2v) is 8.46. The minimum atomic E-state index is -0.826. The zero-order valence-corrected chi connectivity index (χ0v) is 19.0. The van der Waals surface area contributed by atoms with Crippen molar-refractivity contribution in [1.82, 2.24) is 4.90 Å². The van der Waals surface area contributed by atoms with E-state index < -0.39 is 5.97 Å². The van der Waals surface area contributed by atoms with Crippen molar-refractivity contribution in [2.75, 3.05) is 13.6 Å². The summed E-state index contributed by atoms with van der Waals surface area (Å²) in [6.07, 6.45) is 3.13. The normalized spacial score (nSPS) is 17.8. The van der Waals surface area contributed by atoms with Gasteiger partial charge in [0.2, 0.25) is 0 Å². The number of ether oxygens (including phenoxy) is 1. The lowest BCUT2D eigenvalue weighted by Gasteiger charge is -2.22. The maximum atomic E-state index is 11.3. The Bertz CT molecular complexity index is 976. The van der Waals surface area contributed by atoms with Gasteiger partial charge in [-0.2, -0.15) is 0 Å². The van der Waals surface area contributed by atoms with E-state index in [1.165, 1.54) is 22.3 Å². The van der Waals surface area contributed by atoms with E-state index in [0.717, 1.165) is 35.4 Å². The molecule has 1 aliphatic heterocycles. The highest BCUT2D eigenvalue weighted by Crippen LogP contribution is 2.42. The molecule has 4 nitrogen and oxygen atoms in total. The first-order valence-electron chi connectivity index (χ1n) is 10.7. The molecule has 1 N–H and O–H groups in total.